The summed E-state index contributed by atoms with van der Waals surface area (Å²) in [5.41, 5.74) is 22.8. The first-order valence-electron chi connectivity index (χ1n) is 41.5. The van der Waals surface area contributed by atoms with Gasteiger partial charge < -0.3 is 15.1 Å². The van der Waals surface area contributed by atoms with Crippen LogP contribution in [-0.4, -0.2) is 0 Å². The minimum atomic E-state index is -0.414. The Morgan fingerprint density at radius 1 is 0.234 bits per heavy atom. The van der Waals surface area contributed by atoms with Crippen LogP contribution in [0.25, 0.3) is 131 Å². The van der Waals surface area contributed by atoms with E-state index >= 15 is 8.78 Å². The minimum absolute atomic E-state index is 0.113. The number of rotatable bonds is 11. The van der Waals surface area contributed by atoms with E-state index in [-0.39, 0.29) is 39.5 Å². The predicted octanol–water partition coefficient (Wildman–Crippen LogP) is 33.8. The largest absolute Gasteiger partial charge is 0.353 e. The van der Waals surface area contributed by atoms with Gasteiger partial charge in [-0.3, -0.25) is 0 Å². The van der Waals surface area contributed by atoms with Crippen molar-refractivity contribution in [2.24, 2.45) is 0 Å². The standard InChI is InChI=1S/C70H48F4N2.C27H21F2N.C16H8Br2/c1-69(2)53-13-7-5-11-49(53)67-55(69)15-9-17-61(67)75(63-39-45(25-35-57(63)73)41-19-29-47(71)30-20-41)59-37-27-43-24-34-52-60(38-28-44-23-33-51(59)65(43)66(44)52)76(64-40-46(26-36-58(64)74)42-21-31-48(72)32-22-42)62-18-10-16-56-68(62)50-12-6-8-14-54(50)70(56,3)4;1-27(2)21-7-4-3-6-20(21)26-22(27)8-5-9-24(26)30-25-16-18(12-15-23(25)29)17-10-13-19(28)14-11-17;17-13-8-4-10-2-6-12-14(18)7-3-9-1-5-11(13)16(10)15(9)12/h5-40H,1-4H3;3-16,30H,1-2H3;1-8H. The molecule has 600 valence electrons. The Morgan fingerprint density at radius 2 is 0.540 bits per heavy atom. The topological polar surface area (TPSA) is 18.5 Å². The van der Waals surface area contributed by atoms with Gasteiger partial charge in [-0.2, -0.15) is 0 Å². The molecule has 0 saturated heterocycles. The van der Waals surface area contributed by atoms with Crippen molar-refractivity contribution < 1.29 is 26.3 Å². The van der Waals surface area contributed by atoms with Crippen LogP contribution in [0.1, 0.15) is 74.9 Å². The van der Waals surface area contributed by atoms with Gasteiger partial charge in [-0.05, 0) is 253 Å². The Bertz CT molecular complexity index is 7370. The molecule has 0 fully saturated rings. The van der Waals surface area contributed by atoms with Crippen LogP contribution < -0.4 is 15.1 Å². The number of fused-ring (bicyclic) bond motifs is 9. The summed E-state index contributed by atoms with van der Waals surface area (Å²) in [6, 6.07) is 112. The molecule has 0 aromatic heterocycles. The second-order valence-electron chi connectivity index (χ2n) is 34.1. The molecule has 3 aliphatic carbocycles. The number of benzene rings is 20. The highest BCUT2D eigenvalue weighted by Crippen LogP contribution is 2.60. The molecular formula is C113H77Br2F6N3. The molecule has 0 heterocycles. The van der Waals surface area contributed by atoms with Crippen LogP contribution in [0.15, 0.2) is 361 Å². The summed E-state index contributed by atoms with van der Waals surface area (Å²) in [7, 11) is 0. The Morgan fingerprint density at radius 3 is 0.944 bits per heavy atom. The number of nitrogens with one attached hydrogen (secondary N) is 1. The van der Waals surface area contributed by atoms with E-state index in [4.69, 9.17) is 0 Å². The molecule has 0 atom stereocenters. The van der Waals surface area contributed by atoms with E-state index in [1.165, 1.54) is 115 Å². The van der Waals surface area contributed by atoms with Crippen molar-refractivity contribution in [1.29, 1.82) is 0 Å². The lowest BCUT2D eigenvalue weighted by Gasteiger charge is -2.32. The first-order chi connectivity index (χ1) is 60.1. The van der Waals surface area contributed by atoms with Crippen molar-refractivity contribution in [3.8, 4) is 66.8 Å². The van der Waals surface area contributed by atoms with Crippen LogP contribution in [0.4, 0.5) is 71.8 Å². The van der Waals surface area contributed by atoms with Crippen molar-refractivity contribution in [3.05, 3.63) is 429 Å². The number of anilines is 8. The second-order valence-corrected chi connectivity index (χ2v) is 35.8. The van der Waals surface area contributed by atoms with Gasteiger partial charge in [0.25, 0.3) is 0 Å². The highest BCUT2D eigenvalue weighted by Gasteiger charge is 2.42. The molecule has 124 heavy (non-hydrogen) atoms. The third kappa shape index (κ3) is 12.7. The quantitative estimate of drug-likeness (QED) is 0.103. The van der Waals surface area contributed by atoms with Gasteiger partial charge in [0.05, 0.1) is 39.8 Å². The van der Waals surface area contributed by atoms with E-state index in [0.717, 1.165) is 142 Å². The second kappa shape index (κ2) is 29.9. The van der Waals surface area contributed by atoms with Gasteiger partial charge in [0.15, 0.2) is 0 Å². The molecule has 0 unspecified atom stereocenters. The van der Waals surface area contributed by atoms with Gasteiger partial charge in [0.1, 0.15) is 34.9 Å². The summed E-state index contributed by atoms with van der Waals surface area (Å²) in [6.45, 7) is 13.4. The summed E-state index contributed by atoms with van der Waals surface area (Å²) in [5, 5.41) is 16.9. The van der Waals surface area contributed by atoms with E-state index < -0.39 is 11.6 Å². The molecule has 20 aromatic carbocycles. The fourth-order valence-electron chi connectivity index (χ4n) is 20.0. The monoisotopic (exact) mass is 1750 g/mol. The average molecular weight is 1750 g/mol. The Hall–Kier alpha value is -13.6. The van der Waals surface area contributed by atoms with E-state index in [2.05, 4.69) is 295 Å². The van der Waals surface area contributed by atoms with E-state index in [1.54, 1.807) is 60.7 Å². The van der Waals surface area contributed by atoms with Gasteiger partial charge in [-0.25, -0.2) is 26.3 Å². The van der Waals surface area contributed by atoms with Gasteiger partial charge in [-0.1, -0.05) is 310 Å². The SMILES string of the molecule is Brc1ccc2ccc3c(Br)ccc4ccc1c2c43.CC1(C)c2ccccc2-c2c(N(c3cc(-c4ccc(F)cc4)ccc3F)c3ccc4ccc5c(N(c6cc(-c7ccc(F)cc7)ccc6F)c6cccc7c6-c6ccccc6C7(C)C)ccc6ccc3c4c65)cccc21.CC1(C)c2ccccc2-c2c(Nc3cc(-c4ccc(F)cc4)ccc3F)cccc21. The number of nitrogens with zero attached hydrogens (tertiary/aromatic N) is 2. The predicted molar refractivity (Wildman–Crippen MR) is 510 cm³/mol. The molecule has 1 N–H and O–H groups in total. The molecule has 3 aliphatic rings. The van der Waals surface area contributed by atoms with Crippen LogP contribution in [0.2, 0.25) is 0 Å². The molecule has 0 spiro atoms. The smallest absolute Gasteiger partial charge is 0.147 e. The molecule has 0 aliphatic heterocycles. The summed E-state index contributed by atoms with van der Waals surface area (Å²) in [4.78, 5) is 4.14. The lowest BCUT2D eigenvalue weighted by atomic mass is 9.82. The zero-order valence-corrected chi connectivity index (χ0v) is 71.6. The molecule has 11 heteroatoms. The van der Waals surface area contributed by atoms with Crippen molar-refractivity contribution in [2.45, 2.75) is 57.8 Å². The molecule has 0 bridgehead atoms. The zero-order chi connectivity index (χ0) is 84.9. The van der Waals surface area contributed by atoms with Crippen LogP contribution in [0.5, 0.6) is 0 Å². The molecule has 0 radical (unpaired) electrons. The van der Waals surface area contributed by atoms with Crippen LogP contribution in [0.3, 0.4) is 0 Å². The zero-order valence-electron chi connectivity index (χ0n) is 68.4. The van der Waals surface area contributed by atoms with Gasteiger partial charge >= 0.3 is 0 Å². The van der Waals surface area contributed by atoms with Crippen LogP contribution in [0, 0.1) is 34.9 Å². The van der Waals surface area contributed by atoms with Gasteiger partial charge in [-0.15, -0.1) is 0 Å². The fourth-order valence-corrected chi connectivity index (χ4v) is 20.9. The molecule has 20 aromatic rings. The molecular weight excluding hydrogens is 1670 g/mol. The Kier molecular flexibility index (Phi) is 18.7. The molecule has 0 amide bonds. The molecule has 23 rings (SSSR count). The number of hydrogen-bond donors (Lipinski definition) is 1. The van der Waals surface area contributed by atoms with Crippen molar-refractivity contribution in [2.75, 3.05) is 15.1 Å². The highest BCUT2D eigenvalue weighted by molar-refractivity contribution is 9.11. The third-order valence-corrected chi connectivity index (χ3v) is 27.4. The normalized spacial score (nSPS) is 13.4. The maximum Gasteiger partial charge on any atom is 0.147 e. The highest BCUT2D eigenvalue weighted by atomic mass is 79.9. The first kappa shape index (κ1) is 77.7. The van der Waals surface area contributed by atoms with Gasteiger partial charge in [0, 0.05) is 58.3 Å². The first-order valence-corrected chi connectivity index (χ1v) is 43.1. The average Bonchev–Trinajstić information content (AvgIpc) is 1.28. The Balaban J connectivity index is 0.000000158. The summed E-state index contributed by atoms with van der Waals surface area (Å²) in [5.74, 6) is -2.14. The summed E-state index contributed by atoms with van der Waals surface area (Å²) >= 11 is 7.30. The van der Waals surface area contributed by atoms with Gasteiger partial charge in [0.2, 0.25) is 0 Å². The number of halogens is 8. The van der Waals surface area contributed by atoms with E-state index in [1.807, 2.05) is 30.3 Å². The van der Waals surface area contributed by atoms with Crippen LogP contribution >= 0.6 is 31.9 Å². The molecule has 3 nitrogen and oxygen atoms in total. The fraction of sp³-hybridized carbons (Fsp3) is 0.0796. The maximum absolute atomic E-state index is 17.3. The lowest BCUT2D eigenvalue weighted by Crippen LogP contribution is -2.17. The van der Waals surface area contributed by atoms with E-state index in [9.17, 15) is 17.6 Å². The maximum atomic E-state index is 17.3. The van der Waals surface area contributed by atoms with Crippen molar-refractivity contribution >= 4 is 142 Å². The molecule has 0 saturated carbocycles. The van der Waals surface area contributed by atoms with Crippen molar-refractivity contribution in [1.82, 2.24) is 0 Å². The lowest BCUT2D eigenvalue weighted by molar-refractivity contribution is 0.627. The summed E-state index contributed by atoms with van der Waals surface area (Å²) in [6.07, 6.45) is 0. The van der Waals surface area contributed by atoms with Crippen molar-refractivity contribution in [3.63, 3.8) is 0 Å². The Labute approximate surface area is 731 Å². The minimum Gasteiger partial charge on any atom is -0.353 e. The van der Waals surface area contributed by atoms with Crippen LogP contribution in [-0.2, 0) is 16.2 Å². The van der Waals surface area contributed by atoms with E-state index in [0.29, 0.717) is 17.1 Å². The number of hydrogen-bond acceptors (Lipinski definition) is 3. The summed E-state index contributed by atoms with van der Waals surface area (Å²) < 4.78 is 93.6. The third-order valence-electron chi connectivity index (χ3n) is 26.1.